The molecule has 1 aliphatic rings. The van der Waals surface area contributed by atoms with Gasteiger partial charge in [-0.2, -0.15) is 0 Å². The standard InChI is InChI=1S/C10H20N4O2/c1-14-5-3-2-4-8(14)6-12-7-9(15)13-10(11)16/h8,12H,2-7H2,1H3,(H3,11,13,15,16). The molecule has 6 heteroatoms. The molecule has 1 atom stereocenters. The molecule has 16 heavy (non-hydrogen) atoms. The van der Waals surface area contributed by atoms with E-state index in [4.69, 9.17) is 5.73 Å². The molecule has 1 heterocycles. The number of primary amides is 1. The van der Waals surface area contributed by atoms with Crippen molar-refractivity contribution >= 4 is 11.9 Å². The third-order valence-electron chi connectivity index (χ3n) is 2.85. The van der Waals surface area contributed by atoms with Crippen molar-refractivity contribution in [3.8, 4) is 0 Å². The Morgan fingerprint density at radius 1 is 1.44 bits per heavy atom. The van der Waals surface area contributed by atoms with Crippen molar-refractivity contribution in [3.63, 3.8) is 0 Å². The molecule has 1 unspecified atom stereocenters. The minimum absolute atomic E-state index is 0.132. The maximum Gasteiger partial charge on any atom is 0.318 e. The fourth-order valence-electron chi connectivity index (χ4n) is 1.94. The molecule has 4 N–H and O–H groups in total. The van der Waals surface area contributed by atoms with Gasteiger partial charge in [0.1, 0.15) is 0 Å². The average Bonchev–Trinajstić information content (AvgIpc) is 2.19. The van der Waals surface area contributed by atoms with Crippen molar-refractivity contribution in [1.29, 1.82) is 0 Å². The van der Waals surface area contributed by atoms with Crippen LogP contribution in [0.25, 0.3) is 0 Å². The molecule has 0 aromatic carbocycles. The number of nitrogens with zero attached hydrogens (tertiary/aromatic N) is 1. The highest BCUT2D eigenvalue weighted by molar-refractivity contribution is 5.94. The number of imide groups is 1. The van der Waals surface area contributed by atoms with Crippen LogP contribution in [0.4, 0.5) is 4.79 Å². The number of nitrogens with one attached hydrogen (secondary N) is 2. The molecule has 6 nitrogen and oxygen atoms in total. The number of carbonyl (C=O) groups excluding carboxylic acids is 2. The third-order valence-corrected chi connectivity index (χ3v) is 2.85. The maximum absolute atomic E-state index is 11.1. The van der Waals surface area contributed by atoms with Gasteiger partial charge in [0.15, 0.2) is 0 Å². The van der Waals surface area contributed by atoms with E-state index in [1.807, 2.05) is 5.32 Å². The highest BCUT2D eigenvalue weighted by atomic mass is 16.2. The van der Waals surface area contributed by atoms with Gasteiger partial charge in [-0.05, 0) is 26.4 Å². The van der Waals surface area contributed by atoms with Crippen LogP contribution in [0.3, 0.4) is 0 Å². The zero-order valence-corrected chi connectivity index (χ0v) is 9.66. The summed E-state index contributed by atoms with van der Waals surface area (Å²) in [5.74, 6) is -0.383. The van der Waals surface area contributed by atoms with Gasteiger partial charge in [-0.3, -0.25) is 10.1 Å². The summed E-state index contributed by atoms with van der Waals surface area (Å²) in [6.45, 7) is 2.01. The van der Waals surface area contributed by atoms with E-state index in [1.54, 1.807) is 0 Å². The Kier molecular flexibility index (Phi) is 5.21. The van der Waals surface area contributed by atoms with Crippen LogP contribution < -0.4 is 16.4 Å². The normalized spacial score (nSPS) is 21.7. The van der Waals surface area contributed by atoms with Gasteiger partial charge in [0, 0.05) is 12.6 Å². The van der Waals surface area contributed by atoms with Crippen molar-refractivity contribution < 1.29 is 9.59 Å². The SMILES string of the molecule is CN1CCCCC1CNCC(=O)NC(N)=O. The summed E-state index contributed by atoms with van der Waals surface area (Å²) in [6, 6.07) is -0.322. The van der Waals surface area contributed by atoms with Crippen LogP contribution >= 0.6 is 0 Å². The van der Waals surface area contributed by atoms with Crippen LogP contribution in [0.15, 0.2) is 0 Å². The summed E-state index contributed by atoms with van der Waals surface area (Å²) in [5, 5.41) is 5.04. The summed E-state index contributed by atoms with van der Waals surface area (Å²) < 4.78 is 0. The Labute approximate surface area is 95.5 Å². The molecule has 0 saturated carbocycles. The Morgan fingerprint density at radius 2 is 2.19 bits per heavy atom. The number of likely N-dealkylation sites (N-methyl/N-ethyl adjacent to an activating group) is 1. The van der Waals surface area contributed by atoms with Gasteiger partial charge in [-0.15, -0.1) is 0 Å². The lowest BCUT2D eigenvalue weighted by molar-refractivity contribution is -0.119. The molecule has 92 valence electrons. The number of carbonyl (C=O) groups is 2. The Bertz CT molecular complexity index is 257. The lowest BCUT2D eigenvalue weighted by Crippen LogP contribution is -2.46. The number of rotatable bonds is 4. The average molecular weight is 228 g/mol. The van der Waals surface area contributed by atoms with Crippen LogP contribution in [0.2, 0.25) is 0 Å². The number of piperidine rings is 1. The van der Waals surface area contributed by atoms with E-state index in [0.29, 0.717) is 6.04 Å². The smallest absolute Gasteiger partial charge is 0.318 e. The number of urea groups is 1. The molecule has 0 aliphatic carbocycles. The Balaban J connectivity index is 2.14. The monoisotopic (exact) mass is 228 g/mol. The Hall–Kier alpha value is -1.14. The molecule has 1 saturated heterocycles. The summed E-state index contributed by atoms with van der Waals surface area (Å²) in [5.41, 5.74) is 4.82. The lowest BCUT2D eigenvalue weighted by atomic mass is 10.0. The van der Waals surface area contributed by atoms with Crippen molar-refractivity contribution in [3.05, 3.63) is 0 Å². The maximum atomic E-state index is 11.1. The topological polar surface area (TPSA) is 87.5 Å². The van der Waals surface area contributed by atoms with E-state index in [1.165, 1.54) is 12.8 Å². The van der Waals surface area contributed by atoms with Gasteiger partial charge in [0.2, 0.25) is 5.91 Å². The van der Waals surface area contributed by atoms with E-state index < -0.39 is 6.03 Å². The third kappa shape index (κ3) is 4.59. The van der Waals surface area contributed by atoms with Crippen LogP contribution in [-0.2, 0) is 4.79 Å². The first-order chi connectivity index (χ1) is 7.59. The summed E-state index contributed by atoms with van der Waals surface area (Å²) in [7, 11) is 2.09. The second-order valence-corrected chi connectivity index (χ2v) is 4.17. The van der Waals surface area contributed by atoms with Crippen LogP contribution in [0.1, 0.15) is 19.3 Å². The predicted octanol–water partition coefficient (Wildman–Crippen LogP) is -0.745. The summed E-state index contributed by atoms with van der Waals surface area (Å²) in [6.07, 6.45) is 3.64. The number of hydrogen-bond acceptors (Lipinski definition) is 4. The van der Waals surface area contributed by atoms with E-state index in [-0.39, 0.29) is 12.5 Å². The number of amides is 3. The quantitative estimate of drug-likeness (QED) is 0.591. The summed E-state index contributed by atoms with van der Waals surface area (Å²) >= 11 is 0. The zero-order valence-electron chi connectivity index (χ0n) is 9.66. The first-order valence-corrected chi connectivity index (χ1v) is 5.60. The minimum atomic E-state index is -0.804. The molecular formula is C10H20N4O2. The molecule has 0 radical (unpaired) electrons. The first kappa shape index (κ1) is 12.9. The van der Waals surface area contributed by atoms with E-state index in [0.717, 1.165) is 19.5 Å². The fourth-order valence-corrected chi connectivity index (χ4v) is 1.94. The van der Waals surface area contributed by atoms with E-state index >= 15 is 0 Å². The van der Waals surface area contributed by atoms with Crippen LogP contribution in [0.5, 0.6) is 0 Å². The number of nitrogens with two attached hydrogens (primary N) is 1. The van der Waals surface area contributed by atoms with Gasteiger partial charge in [-0.25, -0.2) is 4.79 Å². The Morgan fingerprint density at radius 3 is 2.81 bits per heavy atom. The van der Waals surface area contributed by atoms with Gasteiger partial charge in [0.05, 0.1) is 6.54 Å². The first-order valence-electron chi connectivity index (χ1n) is 5.60. The zero-order chi connectivity index (χ0) is 12.0. The summed E-state index contributed by atoms with van der Waals surface area (Å²) in [4.78, 5) is 23.8. The van der Waals surface area contributed by atoms with Crippen molar-refractivity contribution in [1.82, 2.24) is 15.5 Å². The van der Waals surface area contributed by atoms with E-state index in [9.17, 15) is 9.59 Å². The molecule has 0 aromatic rings. The molecule has 1 rings (SSSR count). The molecule has 0 aromatic heterocycles. The number of likely N-dealkylation sites (tertiary alicyclic amines) is 1. The van der Waals surface area contributed by atoms with Gasteiger partial charge in [-0.1, -0.05) is 6.42 Å². The fraction of sp³-hybridized carbons (Fsp3) is 0.800. The molecule has 0 spiro atoms. The van der Waals surface area contributed by atoms with Gasteiger partial charge < -0.3 is 16.0 Å². The van der Waals surface area contributed by atoms with E-state index in [2.05, 4.69) is 17.3 Å². The molecule has 1 fully saturated rings. The highest BCUT2D eigenvalue weighted by Gasteiger charge is 2.18. The second-order valence-electron chi connectivity index (χ2n) is 4.17. The second kappa shape index (κ2) is 6.44. The predicted molar refractivity (Wildman–Crippen MR) is 60.9 cm³/mol. The van der Waals surface area contributed by atoms with Gasteiger partial charge in [0.25, 0.3) is 0 Å². The van der Waals surface area contributed by atoms with Crippen molar-refractivity contribution in [2.24, 2.45) is 5.73 Å². The molecule has 0 bridgehead atoms. The van der Waals surface area contributed by atoms with Crippen molar-refractivity contribution in [2.75, 3.05) is 26.7 Å². The lowest BCUT2D eigenvalue weighted by Gasteiger charge is -2.32. The van der Waals surface area contributed by atoms with Gasteiger partial charge >= 0.3 is 6.03 Å². The minimum Gasteiger partial charge on any atom is -0.351 e. The van der Waals surface area contributed by atoms with Crippen molar-refractivity contribution in [2.45, 2.75) is 25.3 Å². The largest absolute Gasteiger partial charge is 0.351 e. The van der Waals surface area contributed by atoms with Crippen LogP contribution in [-0.4, -0.2) is 49.6 Å². The molecular weight excluding hydrogens is 208 g/mol. The highest BCUT2D eigenvalue weighted by Crippen LogP contribution is 2.13. The molecule has 1 aliphatic heterocycles. The number of hydrogen-bond donors (Lipinski definition) is 3. The van der Waals surface area contributed by atoms with Crippen LogP contribution in [0, 0.1) is 0 Å². The molecule has 3 amide bonds.